The molecule has 0 saturated carbocycles. The van der Waals surface area contributed by atoms with Gasteiger partial charge >= 0.3 is 5.97 Å². The number of aromatic nitrogens is 1. The first kappa shape index (κ1) is 18.7. The summed E-state index contributed by atoms with van der Waals surface area (Å²) in [6.07, 6.45) is 1.58. The predicted octanol–water partition coefficient (Wildman–Crippen LogP) is 4.32. The van der Waals surface area contributed by atoms with Crippen LogP contribution in [0.4, 0.5) is 0 Å². The van der Waals surface area contributed by atoms with Crippen molar-refractivity contribution in [2.45, 2.75) is 12.2 Å². The van der Waals surface area contributed by atoms with Gasteiger partial charge in [0.2, 0.25) is 11.5 Å². The van der Waals surface area contributed by atoms with E-state index in [0.29, 0.717) is 16.9 Å². The maximum atomic E-state index is 13.0. The van der Waals surface area contributed by atoms with Gasteiger partial charge in [0.25, 0.3) is 0 Å². The summed E-state index contributed by atoms with van der Waals surface area (Å²) in [6.45, 7) is -0.187. The van der Waals surface area contributed by atoms with Crippen LogP contribution in [0.25, 0.3) is 11.3 Å². The summed E-state index contributed by atoms with van der Waals surface area (Å²) in [5, 5.41) is 11.4. The molecule has 0 radical (unpaired) electrons. The molecule has 29 heavy (non-hydrogen) atoms. The molecule has 0 amide bonds. The summed E-state index contributed by atoms with van der Waals surface area (Å²) in [5.74, 6) is 0.0352. The van der Waals surface area contributed by atoms with E-state index in [2.05, 4.69) is 4.98 Å². The van der Waals surface area contributed by atoms with Gasteiger partial charge in [-0.3, -0.25) is 0 Å². The molecule has 0 saturated heterocycles. The highest BCUT2D eigenvalue weighted by Crippen LogP contribution is 2.31. The topological polar surface area (TPSA) is 72.6 Å². The van der Waals surface area contributed by atoms with Gasteiger partial charge in [-0.05, 0) is 11.1 Å². The molecule has 0 aliphatic carbocycles. The highest BCUT2D eigenvalue weighted by Gasteiger charge is 2.41. The first-order valence-corrected chi connectivity index (χ1v) is 9.18. The molecule has 5 heteroatoms. The van der Waals surface area contributed by atoms with E-state index >= 15 is 0 Å². The van der Waals surface area contributed by atoms with E-state index in [-0.39, 0.29) is 12.5 Å². The first-order chi connectivity index (χ1) is 14.2. The van der Waals surface area contributed by atoms with Gasteiger partial charge in [-0.15, -0.1) is 0 Å². The molecular formula is C24H19NO4. The minimum Gasteiger partial charge on any atom is -0.453 e. The maximum Gasteiger partial charge on any atom is 0.348 e. The molecule has 0 spiro atoms. The minimum absolute atomic E-state index is 0.187. The maximum absolute atomic E-state index is 13.0. The minimum atomic E-state index is -1.93. The van der Waals surface area contributed by atoms with Gasteiger partial charge < -0.3 is 14.3 Å². The number of nitrogens with zero attached hydrogens (tertiary/aromatic N) is 1. The molecule has 1 aromatic heterocycles. The van der Waals surface area contributed by atoms with Crippen LogP contribution in [-0.4, -0.2) is 16.1 Å². The number of oxazole rings is 1. The molecule has 0 fully saturated rings. The summed E-state index contributed by atoms with van der Waals surface area (Å²) >= 11 is 0. The van der Waals surface area contributed by atoms with Crippen LogP contribution in [0.2, 0.25) is 0 Å². The van der Waals surface area contributed by atoms with Crippen molar-refractivity contribution in [3.63, 3.8) is 0 Å². The lowest BCUT2D eigenvalue weighted by atomic mass is 9.86. The molecule has 4 aromatic rings. The number of carbonyl (C=O) groups excluding carboxylic acids is 1. The number of rotatable bonds is 6. The third kappa shape index (κ3) is 3.81. The predicted molar refractivity (Wildman–Crippen MR) is 108 cm³/mol. The number of esters is 1. The fourth-order valence-electron chi connectivity index (χ4n) is 3.11. The zero-order valence-electron chi connectivity index (χ0n) is 15.6. The average molecular weight is 385 g/mol. The highest BCUT2D eigenvalue weighted by molar-refractivity contribution is 5.85. The first-order valence-electron chi connectivity index (χ1n) is 9.18. The van der Waals surface area contributed by atoms with Crippen LogP contribution >= 0.6 is 0 Å². The Kier molecular flexibility index (Phi) is 5.22. The fraction of sp³-hybridized carbons (Fsp3) is 0.0833. The van der Waals surface area contributed by atoms with Gasteiger partial charge in [0, 0.05) is 5.56 Å². The van der Waals surface area contributed by atoms with Crippen molar-refractivity contribution in [1.82, 2.24) is 4.98 Å². The van der Waals surface area contributed by atoms with Crippen molar-refractivity contribution in [3.8, 4) is 11.3 Å². The van der Waals surface area contributed by atoms with Crippen molar-refractivity contribution < 1.29 is 19.1 Å². The van der Waals surface area contributed by atoms with E-state index in [9.17, 15) is 9.90 Å². The summed E-state index contributed by atoms with van der Waals surface area (Å²) < 4.78 is 11.1. The monoisotopic (exact) mass is 385 g/mol. The number of ether oxygens (including phenoxy) is 1. The molecule has 0 aliphatic rings. The van der Waals surface area contributed by atoms with Gasteiger partial charge in [0.05, 0.1) is 6.20 Å². The third-order valence-corrected chi connectivity index (χ3v) is 4.62. The van der Waals surface area contributed by atoms with E-state index in [0.717, 1.165) is 5.56 Å². The van der Waals surface area contributed by atoms with Crippen LogP contribution in [0.5, 0.6) is 0 Å². The normalized spacial score (nSPS) is 11.2. The van der Waals surface area contributed by atoms with E-state index in [1.54, 1.807) is 54.7 Å². The van der Waals surface area contributed by atoms with E-state index in [4.69, 9.17) is 9.15 Å². The van der Waals surface area contributed by atoms with Crippen LogP contribution in [0.15, 0.2) is 102 Å². The number of hydrogen-bond donors (Lipinski definition) is 1. The third-order valence-electron chi connectivity index (χ3n) is 4.62. The number of hydrogen-bond acceptors (Lipinski definition) is 5. The Labute approximate surface area is 168 Å². The lowest BCUT2D eigenvalue weighted by Crippen LogP contribution is -2.38. The molecule has 3 aromatic carbocycles. The molecule has 0 aliphatic heterocycles. The number of carbonyl (C=O) groups is 1. The summed E-state index contributed by atoms with van der Waals surface area (Å²) in [6, 6.07) is 26.9. The van der Waals surface area contributed by atoms with Gasteiger partial charge in [-0.2, -0.15) is 0 Å². The molecule has 144 valence electrons. The zero-order chi connectivity index (χ0) is 20.1. The van der Waals surface area contributed by atoms with Crippen LogP contribution < -0.4 is 0 Å². The second kappa shape index (κ2) is 8.12. The Bertz CT molecular complexity index is 1040. The zero-order valence-corrected chi connectivity index (χ0v) is 15.6. The van der Waals surface area contributed by atoms with Gasteiger partial charge in [0.15, 0.2) is 12.4 Å². The lowest BCUT2D eigenvalue weighted by Gasteiger charge is -2.26. The van der Waals surface area contributed by atoms with Crippen LogP contribution in [0, 0.1) is 0 Å². The summed E-state index contributed by atoms with van der Waals surface area (Å²) in [7, 11) is 0. The molecule has 0 atom stereocenters. The van der Waals surface area contributed by atoms with Crippen molar-refractivity contribution in [2.24, 2.45) is 0 Å². The van der Waals surface area contributed by atoms with E-state index in [1.807, 2.05) is 42.5 Å². The van der Waals surface area contributed by atoms with E-state index in [1.165, 1.54) is 0 Å². The SMILES string of the molecule is O=C(OCc1ncc(-c2ccccc2)o1)C(O)(c1ccccc1)c1ccccc1. The highest BCUT2D eigenvalue weighted by atomic mass is 16.6. The largest absolute Gasteiger partial charge is 0.453 e. The second-order valence-corrected chi connectivity index (χ2v) is 6.50. The number of aliphatic hydroxyl groups is 1. The second-order valence-electron chi connectivity index (χ2n) is 6.50. The van der Waals surface area contributed by atoms with Crippen molar-refractivity contribution in [1.29, 1.82) is 0 Å². The molecular weight excluding hydrogens is 366 g/mol. The van der Waals surface area contributed by atoms with Crippen LogP contribution in [0.3, 0.4) is 0 Å². The Morgan fingerprint density at radius 3 is 1.93 bits per heavy atom. The Morgan fingerprint density at radius 1 is 0.862 bits per heavy atom. The Balaban J connectivity index is 1.56. The summed E-state index contributed by atoms with van der Waals surface area (Å²) in [4.78, 5) is 17.1. The Morgan fingerprint density at radius 2 is 1.38 bits per heavy atom. The number of benzene rings is 3. The lowest BCUT2D eigenvalue weighted by molar-refractivity contribution is -0.164. The smallest absolute Gasteiger partial charge is 0.348 e. The fourth-order valence-corrected chi connectivity index (χ4v) is 3.11. The van der Waals surface area contributed by atoms with Gasteiger partial charge in [-0.25, -0.2) is 9.78 Å². The van der Waals surface area contributed by atoms with Gasteiger partial charge in [0.1, 0.15) is 0 Å². The van der Waals surface area contributed by atoms with E-state index < -0.39 is 11.6 Å². The molecule has 1 heterocycles. The van der Waals surface area contributed by atoms with Gasteiger partial charge in [-0.1, -0.05) is 91.0 Å². The molecule has 1 N–H and O–H groups in total. The standard InChI is InChI=1S/C24H19NO4/c26-23(28-17-22-25-16-21(29-22)18-10-4-1-5-11-18)24(27,19-12-6-2-7-13-19)20-14-8-3-9-15-20/h1-16,27H,17H2. The summed E-state index contributed by atoms with van der Waals surface area (Å²) in [5.41, 5.74) is -0.206. The molecule has 4 rings (SSSR count). The van der Waals surface area contributed by atoms with Crippen LogP contribution in [0.1, 0.15) is 17.0 Å². The van der Waals surface area contributed by atoms with Crippen molar-refractivity contribution in [2.75, 3.05) is 0 Å². The Hall–Kier alpha value is -3.70. The molecule has 0 bridgehead atoms. The molecule has 0 unspecified atom stereocenters. The molecule has 5 nitrogen and oxygen atoms in total. The average Bonchev–Trinajstić information content (AvgIpc) is 3.28. The van der Waals surface area contributed by atoms with Crippen LogP contribution in [-0.2, 0) is 21.7 Å². The van der Waals surface area contributed by atoms with Crippen molar-refractivity contribution in [3.05, 3.63) is 114 Å². The van der Waals surface area contributed by atoms with Crippen molar-refractivity contribution >= 4 is 5.97 Å². The quantitative estimate of drug-likeness (QED) is 0.501.